The monoisotopic (exact) mass is 515 g/mol. The van der Waals surface area contributed by atoms with E-state index in [-0.39, 0.29) is 35.6 Å². The van der Waals surface area contributed by atoms with E-state index in [2.05, 4.69) is 33.4 Å². The first kappa shape index (κ1) is 27.1. The number of alkyl halides is 3. The van der Waals surface area contributed by atoms with E-state index in [1.54, 1.807) is 12.3 Å². The lowest BCUT2D eigenvalue weighted by Crippen LogP contribution is -2.42. The SMILES string of the molecule is COC(=O)C[C@@H](C)c1cnc(N(CC(C)C)C2CCC(O)CC2)c(Nc2nc(C(F)(F)F)ns2)c1. The first-order chi connectivity index (χ1) is 16.5. The van der Waals surface area contributed by atoms with Gasteiger partial charge in [-0.15, -0.1) is 0 Å². The van der Waals surface area contributed by atoms with Gasteiger partial charge in [-0.25, -0.2) is 4.98 Å². The van der Waals surface area contributed by atoms with Gasteiger partial charge in [0.2, 0.25) is 11.0 Å². The summed E-state index contributed by atoms with van der Waals surface area (Å²) >= 11 is 0.624. The predicted molar refractivity (Wildman–Crippen MR) is 128 cm³/mol. The van der Waals surface area contributed by atoms with Crippen LogP contribution < -0.4 is 10.2 Å². The summed E-state index contributed by atoms with van der Waals surface area (Å²) in [5, 5.41) is 13.0. The molecule has 0 spiro atoms. The number of carbonyl (C=O) groups excluding carboxylic acids is 1. The van der Waals surface area contributed by atoms with Gasteiger partial charge in [0, 0.05) is 30.3 Å². The van der Waals surface area contributed by atoms with E-state index in [0.717, 1.165) is 18.4 Å². The lowest BCUT2D eigenvalue weighted by atomic mass is 9.91. The van der Waals surface area contributed by atoms with Crippen LogP contribution in [0.1, 0.15) is 70.2 Å². The number of halogens is 3. The Morgan fingerprint density at radius 2 is 1.97 bits per heavy atom. The Balaban J connectivity index is 2.00. The van der Waals surface area contributed by atoms with Gasteiger partial charge in [0.15, 0.2) is 5.82 Å². The van der Waals surface area contributed by atoms with Crippen molar-refractivity contribution in [3.8, 4) is 0 Å². The van der Waals surface area contributed by atoms with Gasteiger partial charge in [0.1, 0.15) is 0 Å². The van der Waals surface area contributed by atoms with Gasteiger partial charge in [0.05, 0.1) is 25.3 Å². The highest BCUT2D eigenvalue weighted by molar-refractivity contribution is 7.09. The van der Waals surface area contributed by atoms with Gasteiger partial charge in [-0.05, 0) is 49.1 Å². The van der Waals surface area contributed by atoms with Gasteiger partial charge in [0.25, 0.3) is 0 Å². The maximum atomic E-state index is 13.1. The lowest BCUT2D eigenvalue weighted by Gasteiger charge is -2.38. The fourth-order valence-corrected chi connectivity index (χ4v) is 4.79. The smallest absolute Gasteiger partial charge is 0.452 e. The molecule has 3 rings (SSSR count). The summed E-state index contributed by atoms with van der Waals surface area (Å²) in [6.45, 7) is 6.72. The fraction of sp³-hybridized carbons (Fsp3) is 0.652. The zero-order chi connectivity index (χ0) is 25.8. The number of rotatable bonds is 9. The summed E-state index contributed by atoms with van der Waals surface area (Å²) in [7, 11) is 1.32. The van der Waals surface area contributed by atoms with Crippen LogP contribution in [0.15, 0.2) is 12.3 Å². The standard InChI is InChI=1S/C23H32F3N5O3S/c1-13(2)12-31(16-5-7-17(32)8-6-16)20-18(28-22-29-21(30-35-22)23(24,25)26)10-15(11-27-20)14(3)9-19(33)34-4/h10-11,13-14,16-17,32H,5-9,12H2,1-4H3,(H,28,29,30)/t14-,16?,17?/m1/s1. The van der Waals surface area contributed by atoms with E-state index >= 15 is 0 Å². The van der Waals surface area contributed by atoms with Crippen molar-refractivity contribution in [2.45, 2.75) is 77.1 Å². The van der Waals surface area contributed by atoms with Crippen molar-refractivity contribution in [2.75, 3.05) is 23.9 Å². The summed E-state index contributed by atoms with van der Waals surface area (Å²) < 4.78 is 47.4. The molecule has 0 saturated heterocycles. The Morgan fingerprint density at radius 3 is 2.54 bits per heavy atom. The lowest BCUT2D eigenvalue weighted by molar-refractivity contribution is -0.144. The third-order valence-corrected chi connectivity index (χ3v) is 6.65. The number of anilines is 3. The Labute approximate surface area is 207 Å². The Morgan fingerprint density at radius 1 is 1.29 bits per heavy atom. The summed E-state index contributed by atoms with van der Waals surface area (Å²) in [5.41, 5.74) is 1.24. The van der Waals surface area contributed by atoms with Crippen molar-refractivity contribution in [3.05, 3.63) is 23.7 Å². The van der Waals surface area contributed by atoms with E-state index < -0.39 is 12.0 Å². The molecule has 1 aliphatic rings. The number of ether oxygens (including phenoxy) is 1. The molecule has 1 saturated carbocycles. The van der Waals surface area contributed by atoms with Gasteiger partial charge in [-0.1, -0.05) is 20.8 Å². The van der Waals surface area contributed by atoms with Gasteiger partial charge < -0.3 is 20.1 Å². The highest BCUT2D eigenvalue weighted by Gasteiger charge is 2.36. The van der Waals surface area contributed by atoms with Crippen molar-refractivity contribution < 1.29 is 27.8 Å². The molecule has 0 unspecified atom stereocenters. The number of carbonyl (C=O) groups is 1. The molecular formula is C23H32F3N5O3S. The summed E-state index contributed by atoms with van der Waals surface area (Å²) in [6, 6.07) is 1.93. The molecule has 0 bridgehead atoms. The Bertz CT molecular complexity index is 993. The number of aliphatic hydroxyl groups is 1. The van der Waals surface area contributed by atoms with Crippen molar-refractivity contribution in [1.82, 2.24) is 14.3 Å². The Kier molecular flexibility index (Phi) is 8.92. The minimum atomic E-state index is -4.64. The highest BCUT2D eigenvalue weighted by atomic mass is 32.1. The number of nitrogens with zero attached hydrogens (tertiary/aromatic N) is 4. The molecular weight excluding hydrogens is 483 g/mol. The maximum absolute atomic E-state index is 13.1. The third-order valence-electron chi connectivity index (χ3n) is 6.02. The molecule has 2 N–H and O–H groups in total. The van der Waals surface area contributed by atoms with Gasteiger partial charge in [-0.3, -0.25) is 4.79 Å². The van der Waals surface area contributed by atoms with E-state index in [9.17, 15) is 23.1 Å². The highest BCUT2D eigenvalue weighted by Crippen LogP contribution is 2.37. The van der Waals surface area contributed by atoms with Crippen molar-refractivity contribution >= 4 is 34.1 Å². The third kappa shape index (κ3) is 7.26. The van der Waals surface area contributed by atoms with Crippen LogP contribution in [0, 0.1) is 5.92 Å². The quantitative estimate of drug-likeness (QED) is 0.444. The molecule has 2 heterocycles. The van der Waals surface area contributed by atoms with Gasteiger partial charge >= 0.3 is 12.1 Å². The maximum Gasteiger partial charge on any atom is 0.452 e. The Hall–Kier alpha value is -2.47. The average molecular weight is 516 g/mol. The summed E-state index contributed by atoms with van der Waals surface area (Å²) in [4.78, 5) is 22.3. The van der Waals surface area contributed by atoms with Crippen LogP contribution in [0.4, 0.5) is 29.8 Å². The number of esters is 1. The zero-order valence-corrected chi connectivity index (χ0v) is 21.1. The van der Waals surface area contributed by atoms with E-state index in [1.807, 2.05) is 6.92 Å². The molecule has 8 nitrogen and oxygen atoms in total. The molecule has 2 aromatic rings. The minimum Gasteiger partial charge on any atom is -0.469 e. The largest absolute Gasteiger partial charge is 0.469 e. The number of hydrogen-bond donors (Lipinski definition) is 2. The molecule has 1 fully saturated rings. The predicted octanol–water partition coefficient (Wildman–Crippen LogP) is 5.13. The molecule has 1 aliphatic carbocycles. The second kappa shape index (κ2) is 11.5. The number of methoxy groups -OCH3 is 1. The zero-order valence-electron chi connectivity index (χ0n) is 20.3. The van der Waals surface area contributed by atoms with Crippen LogP contribution in [-0.2, 0) is 15.7 Å². The first-order valence-corrected chi connectivity index (χ1v) is 12.4. The van der Waals surface area contributed by atoms with Crippen LogP contribution in [-0.4, -0.2) is 51.2 Å². The number of nitrogens with one attached hydrogen (secondary N) is 1. The van der Waals surface area contributed by atoms with Crippen molar-refractivity contribution in [3.63, 3.8) is 0 Å². The van der Waals surface area contributed by atoms with Gasteiger partial charge in [-0.2, -0.15) is 22.5 Å². The molecule has 0 amide bonds. The minimum absolute atomic E-state index is 0.00158. The van der Waals surface area contributed by atoms with E-state index in [4.69, 9.17) is 9.72 Å². The molecule has 194 valence electrons. The van der Waals surface area contributed by atoms with Crippen LogP contribution >= 0.6 is 11.5 Å². The van der Waals surface area contributed by atoms with E-state index in [0.29, 0.717) is 48.3 Å². The van der Waals surface area contributed by atoms with Crippen molar-refractivity contribution in [1.29, 1.82) is 0 Å². The fourth-order valence-electron chi connectivity index (χ4n) is 4.19. The molecule has 0 radical (unpaired) electrons. The van der Waals surface area contributed by atoms with Crippen molar-refractivity contribution in [2.24, 2.45) is 5.92 Å². The number of aliphatic hydroxyl groups excluding tert-OH is 1. The van der Waals surface area contributed by atoms with E-state index in [1.165, 1.54) is 7.11 Å². The van der Waals surface area contributed by atoms with Crippen LogP contribution in [0.25, 0.3) is 0 Å². The average Bonchev–Trinajstić information content (AvgIpc) is 3.27. The molecule has 35 heavy (non-hydrogen) atoms. The number of aromatic nitrogens is 3. The summed E-state index contributed by atoms with van der Waals surface area (Å²) in [6.07, 6.45) is -0.185. The molecule has 1 atom stereocenters. The second-order valence-electron chi connectivity index (χ2n) is 9.38. The topological polar surface area (TPSA) is 100 Å². The first-order valence-electron chi connectivity index (χ1n) is 11.7. The van der Waals surface area contributed by atoms with Crippen LogP contribution in [0.2, 0.25) is 0 Å². The second-order valence-corrected chi connectivity index (χ2v) is 10.1. The summed E-state index contributed by atoms with van der Waals surface area (Å²) in [5.74, 6) is -0.883. The van der Waals surface area contributed by atoms with Crippen LogP contribution in [0.5, 0.6) is 0 Å². The molecule has 0 aliphatic heterocycles. The van der Waals surface area contributed by atoms with Crippen LogP contribution in [0.3, 0.4) is 0 Å². The number of hydrogen-bond acceptors (Lipinski definition) is 9. The number of pyridine rings is 1. The molecule has 0 aromatic carbocycles. The molecule has 2 aromatic heterocycles. The normalized spacial score (nSPS) is 19.5. The molecule has 12 heteroatoms.